The summed E-state index contributed by atoms with van der Waals surface area (Å²) < 4.78 is 0. The second kappa shape index (κ2) is 5.05. The second-order valence-corrected chi connectivity index (χ2v) is 6.02. The van der Waals surface area contributed by atoms with Gasteiger partial charge in [0.25, 0.3) is 0 Å². The first-order valence-corrected chi connectivity index (χ1v) is 6.38. The summed E-state index contributed by atoms with van der Waals surface area (Å²) in [5.41, 5.74) is 1.80. The minimum absolute atomic E-state index is 0.435. The highest BCUT2D eigenvalue weighted by Crippen LogP contribution is 2.29. The Labute approximate surface area is 95.5 Å². The molecule has 0 radical (unpaired) electrons. The number of rotatable bonds is 4. The highest BCUT2D eigenvalue weighted by Gasteiger charge is 2.24. The highest BCUT2D eigenvalue weighted by molar-refractivity contribution is 5.00. The van der Waals surface area contributed by atoms with Gasteiger partial charge in [-0.2, -0.15) is 0 Å². The van der Waals surface area contributed by atoms with Crippen LogP contribution < -0.4 is 0 Å². The van der Waals surface area contributed by atoms with Crippen LogP contribution in [-0.4, -0.2) is 17.5 Å². The summed E-state index contributed by atoms with van der Waals surface area (Å²) in [6.07, 6.45) is 6.41. The van der Waals surface area contributed by atoms with Gasteiger partial charge in [0.15, 0.2) is 0 Å². The molecule has 0 aromatic carbocycles. The van der Waals surface area contributed by atoms with Crippen molar-refractivity contribution in [3.8, 4) is 0 Å². The SMILES string of the molecule is C=C(CCC(C)(C)C)N1CCC[C@H]1CC. The molecule has 0 N–H and O–H groups in total. The molecule has 0 bridgehead atoms. The second-order valence-electron chi connectivity index (χ2n) is 6.02. The first-order valence-electron chi connectivity index (χ1n) is 6.38. The maximum atomic E-state index is 4.26. The van der Waals surface area contributed by atoms with E-state index in [4.69, 9.17) is 0 Å². The van der Waals surface area contributed by atoms with Crippen molar-refractivity contribution < 1.29 is 0 Å². The molecule has 0 aliphatic carbocycles. The van der Waals surface area contributed by atoms with Gasteiger partial charge < -0.3 is 4.90 Å². The Kier molecular flexibility index (Phi) is 4.24. The quantitative estimate of drug-likeness (QED) is 0.670. The normalized spacial score (nSPS) is 22.1. The zero-order valence-corrected chi connectivity index (χ0v) is 11.0. The van der Waals surface area contributed by atoms with E-state index in [1.807, 2.05) is 0 Å². The molecule has 1 nitrogen and oxygen atoms in total. The van der Waals surface area contributed by atoms with Crippen molar-refractivity contribution in [3.05, 3.63) is 12.3 Å². The van der Waals surface area contributed by atoms with Crippen molar-refractivity contribution in [1.29, 1.82) is 0 Å². The van der Waals surface area contributed by atoms with Gasteiger partial charge >= 0.3 is 0 Å². The molecule has 1 aliphatic rings. The van der Waals surface area contributed by atoms with E-state index in [9.17, 15) is 0 Å². The lowest BCUT2D eigenvalue weighted by Crippen LogP contribution is -2.28. The van der Waals surface area contributed by atoms with Gasteiger partial charge in [0.05, 0.1) is 0 Å². The van der Waals surface area contributed by atoms with Gasteiger partial charge in [0, 0.05) is 18.3 Å². The summed E-state index contributed by atoms with van der Waals surface area (Å²) in [4.78, 5) is 2.55. The summed E-state index contributed by atoms with van der Waals surface area (Å²) in [6, 6.07) is 0.775. The van der Waals surface area contributed by atoms with Gasteiger partial charge in [-0.1, -0.05) is 34.3 Å². The zero-order valence-electron chi connectivity index (χ0n) is 11.0. The summed E-state index contributed by atoms with van der Waals surface area (Å²) >= 11 is 0. The van der Waals surface area contributed by atoms with E-state index in [-0.39, 0.29) is 0 Å². The molecule has 0 amide bonds. The Balaban J connectivity index is 2.40. The molecule has 0 aromatic heterocycles. The average Bonchev–Trinajstić information content (AvgIpc) is 2.60. The molecule has 88 valence electrons. The maximum absolute atomic E-state index is 4.26. The third-order valence-corrected chi connectivity index (χ3v) is 3.42. The monoisotopic (exact) mass is 209 g/mol. The van der Waals surface area contributed by atoms with E-state index >= 15 is 0 Å². The van der Waals surface area contributed by atoms with Crippen LogP contribution in [0.4, 0.5) is 0 Å². The number of hydrogen-bond donors (Lipinski definition) is 0. The van der Waals surface area contributed by atoms with Crippen molar-refractivity contribution in [3.63, 3.8) is 0 Å². The van der Waals surface area contributed by atoms with E-state index in [0.29, 0.717) is 5.41 Å². The third-order valence-electron chi connectivity index (χ3n) is 3.42. The Morgan fingerprint density at radius 1 is 1.40 bits per heavy atom. The van der Waals surface area contributed by atoms with E-state index in [1.165, 1.54) is 44.3 Å². The van der Waals surface area contributed by atoms with Crippen molar-refractivity contribution >= 4 is 0 Å². The molecule has 1 saturated heterocycles. The lowest BCUT2D eigenvalue weighted by Gasteiger charge is -2.29. The number of allylic oxidation sites excluding steroid dienone is 1. The van der Waals surface area contributed by atoms with Gasteiger partial charge in [-0.05, 0) is 37.5 Å². The summed E-state index contributed by atoms with van der Waals surface area (Å²) in [6.45, 7) is 14.7. The molecule has 1 rings (SSSR count). The number of nitrogens with zero attached hydrogens (tertiary/aromatic N) is 1. The summed E-state index contributed by atoms with van der Waals surface area (Å²) in [7, 11) is 0. The standard InChI is InChI=1S/C14H27N/c1-6-13-8-7-11-15(13)12(2)9-10-14(3,4)5/h13H,2,6-11H2,1,3-5H3/t13-/m1/s1. The molecule has 1 aliphatic heterocycles. The molecule has 1 heterocycles. The van der Waals surface area contributed by atoms with Gasteiger partial charge in [0.1, 0.15) is 0 Å². The third kappa shape index (κ3) is 3.89. The topological polar surface area (TPSA) is 3.24 Å². The van der Waals surface area contributed by atoms with Gasteiger partial charge in [-0.15, -0.1) is 0 Å². The molecule has 0 unspecified atom stereocenters. The Morgan fingerprint density at radius 2 is 2.07 bits per heavy atom. The van der Waals surface area contributed by atoms with E-state index < -0.39 is 0 Å². The van der Waals surface area contributed by atoms with Gasteiger partial charge in [-0.25, -0.2) is 0 Å². The minimum Gasteiger partial charge on any atom is -0.372 e. The van der Waals surface area contributed by atoms with Crippen LogP contribution in [0.1, 0.15) is 59.8 Å². The van der Waals surface area contributed by atoms with Crippen molar-refractivity contribution in [2.24, 2.45) is 5.41 Å². The van der Waals surface area contributed by atoms with Crippen LogP contribution in [0.15, 0.2) is 12.3 Å². The predicted octanol–water partition coefficient (Wildman–Crippen LogP) is 4.20. The molecule has 0 aromatic rings. The van der Waals surface area contributed by atoms with Crippen LogP contribution >= 0.6 is 0 Å². The average molecular weight is 209 g/mol. The molecular weight excluding hydrogens is 182 g/mol. The van der Waals surface area contributed by atoms with Crippen LogP contribution in [0.5, 0.6) is 0 Å². The van der Waals surface area contributed by atoms with Gasteiger partial charge in [0.2, 0.25) is 0 Å². The smallest absolute Gasteiger partial charge is 0.0284 e. The Hall–Kier alpha value is -0.460. The van der Waals surface area contributed by atoms with Crippen LogP contribution in [0.3, 0.4) is 0 Å². The fourth-order valence-electron chi connectivity index (χ4n) is 2.34. The number of likely N-dealkylation sites (tertiary alicyclic amines) is 1. The lowest BCUT2D eigenvalue weighted by atomic mass is 9.90. The molecule has 0 saturated carbocycles. The fraction of sp³-hybridized carbons (Fsp3) is 0.857. The van der Waals surface area contributed by atoms with Crippen LogP contribution in [-0.2, 0) is 0 Å². The summed E-state index contributed by atoms with van der Waals surface area (Å²) in [5.74, 6) is 0. The molecule has 15 heavy (non-hydrogen) atoms. The van der Waals surface area contributed by atoms with E-state index in [2.05, 4.69) is 39.2 Å². The maximum Gasteiger partial charge on any atom is 0.0284 e. The van der Waals surface area contributed by atoms with Crippen molar-refractivity contribution in [1.82, 2.24) is 4.90 Å². The van der Waals surface area contributed by atoms with E-state index in [0.717, 1.165) is 6.04 Å². The first-order chi connectivity index (χ1) is 6.94. The van der Waals surface area contributed by atoms with E-state index in [1.54, 1.807) is 0 Å². The largest absolute Gasteiger partial charge is 0.372 e. The molecule has 1 fully saturated rings. The fourth-order valence-corrected chi connectivity index (χ4v) is 2.34. The Morgan fingerprint density at radius 3 is 2.60 bits per heavy atom. The first kappa shape index (κ1) is 12.6. The lowest BCUT2D eigenvalue weighted by molar-refractivity contribution is 0.284. The van der Waals surface area contributed by atoms with Crippen molar-refractivity contribution in [2.45, 2.75) is 65.8 Å². The molecule has 0 spiro atoms. The predicted molar refractivity (Wildman–Crippen MR) is 67.8 cm³/mol. The number of hydrogen-bond acceptors (Lipinski definition) is 1. The minimum atomic E-state index is 0.435. The zero-order chi connectivity index (χ0) is 11.5. The molecule has 1 heteroatoms. The van der Waals surface area contributed by atoms with Gasteiger partial charge in [-0.3, -0.25) is 0 Å². The van der Waals surface area contributed by atoms with Crippen LogP contribution in [0, 0.1) is 5.41 Å². The van der Waals surface area contributed by atoms with Crippen molar-refractivity contribution in [2.75, 3.05) is 6.54 Å². The van der Waals surface area contributed by atoms with Crippen LogP contribution in [0.2, 0.25) is 0 Å². The van der Waals surface area contributed by atoms with Crippen LogP contribution in [0.25, 0.3) is 0 Å². The Bertz CT molecular complexity index is 212. The molecular formula is C14H27N. The molecule has 1 atom stereocenters. The highest BCUT2D eigenvalue weighted by atomic mass is 15.2. The summed E-state index contributed by atoms with van der Waals surface area (Å²) in [5, 5.41) is 0.